The highest BCUT2D eigenvalue weighted by Crippen LogP contribution is 2.23. The predicted octanol–water partition coefficient (Wildman–Crippen LogP) is 2.26. The molecule has 1 aromatic heterocycles. The van der Waals surface area contributed by atoms with Gasteiger partial charge in [-0.2, -0.15) is 0 Å². The maximum atomic E-state index is 7.30. The lowest BCUT2D eigenvalue weighted by Gasteiger charge is -2.07. The van der Waals surface area contributed by atoms with Crippen molar-refractivity contribution in [3.63, 3.8) is 0 Å². The summed E-state index contributed by atoms with van der Waals surface area (Å²) in [7, 11) is 0. The van der Waals surface area contributed by atoms with Crippen LogP contribution in [0.5, 0.6) is 0 Å². The first-order valence-corrected chi connectivity index (χ1v) is 5.48. The van der Waals surface area contributed by atoms with Gasteiger partial charge in [-0.05, 0) is 18.6 Å². The van der Waals surface area contributed by atoms with Gasteiger partial charge in [-0.1, -0.05) is 13.8 Å². The van der Waals surface area contributed by atoms with Crippen LogP contribution in [0.1, 0.15) is 25.8 Å². The molecule has 1 atom stereocenters. The summed E-state index contributed by atoms with van der Waals surface area (Å²) in [6.07, 6.45) is 2.80. The van der Waals surface area contributed by atoms with Gasteiger partial charge in [0.15, 0.2) is 0 Å². The summed E-state index contributed by atoms with van der Waals surface area (Å²) in [6, 6.07) is 3.61. The van der Waals surface area contributed by atoms with Crippen LogP contribution in [0, 0.1) is 5.41 Å². The summed E-state index contributed by atoms with van der Waals surface area (Å²) in [5.74, 6) is 0.0957. The van der Waals surface area contributed by atoms with Crippen molar-refractivity contribution in [3.8, 4) is 0 Å². The van der Waals surface area contributed by atoms with Crippen LogP contribution >= 0.6 is 11.8 Å². The number of amidine groups is 1. The van der Waals surface area contributed by atoms with E-state index in [-0.39, 0.29) is 5.84 Å². The molecule has 76 valence electrons. The molecule has 0 saturated heterocycles. The number of nitrogens with two attached hydrogens (primary N) is 1. The largest absolute Gasteiger partial charge is 0.384 e. The number of hydrogen-bond acceptors (Lipinski definition) is 3. The molecule has 1 unspecified atom stereocenters. The number of nitrogens with zero attached hydrogens (tertiary/aromatic N) is 1. The van der Waals surface area contributed by atoms with E-state index in [1.165, 1.54) is 0 Å². The van der Waals surface area contributed by atoms with Gasteiger partial charge in [0, 0.05) is 17.0 Å². The summed E-state index contributed by atoms with van der Waals surface area (Å²) >= 11 is 1.71. The topological polar surface area (TPSA) is 62.8 Å². The fourth-order valence-electron chi connectivity index (χ4n) is 0.931. The van der Waals surface area contributed by atoms with Crippen LogP contribution in [0.25, 0.3) is 0 Å². The first-order valence-electron chi connectivity index (χ1n) is 4.60. The Morgan fingerprint density at radius 2 is 2.43 bits per heavy atom. The predicted molar refractivity (Wildman–Crippen MR) is 60.9 cm³/mol. The van der Waals surface area contributed by atoms with Crippen LogP contribution in [-0.2, 0) is 0 Å². The first kappa shape index (κ1) is 11.0. The van der Waals surface area contributed by atoms with Crippen molar-refractivity contribution in [2.45, 2.75) is 30.5 Å². The zero-order valence-corrected chi connectivity index (χ0v) is 9.27. The van der Waals surface area contributed by atoms with Gasteiger partial charge in [-0.3, -0.25) is 5.41 Å². The van der Waals surface area contributed by atoms with E-state index in [1.807, 2.05) is 6.07 Å². The van der Waals surface area contributed by atoms with E-state index in [2.05, 4.69) is 18.8 Å². The number of pyridine rings is 1. The van der Waals surface area contributed by atoms with Crippen LogP contribution in [0.3, 0.4) is 0 Å². The molecule has 1 heterocycles. The van der Waals surface area contributed by atoms with Crippen molar-refractivity contribution < 1.29 is 0 Å². The van der Waals surface area contributed by atoms with Gasteiger partial charge in [0.1, 0.15) is 5.84 Å². The summed E-state index contributed by atoms with van der Waals surface area (Å²) in [5, 5.41) is 8.78. The van der Waals surface area contributed by atoms with Gasteiger partial charge in [0.05, 0.1) is 5.03 Å². The van der Waals surface area contributed by atoms with Crippen LogP contribution in [0.4, 0.5) is 0 Å². The van der Waals surface area contributed by atoms with Gasteiger partial charge >= 0.3 is 0 Å². The lowest BCUT2D eigenvalue weighted by atomic mass is 10.2. The average molecular weight is 209 g/mol. The Morgan fingerprint density at radius 3 is 3.00 bits per heavy atom. The normalized spacial score (nSPS) is 12.4. The summed E-state index contributed by atoms with van der Waals surface area (Å²) in [4.78, 5) is 4.22. The third-order valence-electron chi connectivity index (χ3n) is 1.94. The maximum Gasteiger partial charge on any atom is 0.122 e. The molecule has 0 bridgehead atoms. The molecule has 3 N–H and O–H groups in total. The van der Waals surface area contributed by atoms with Crippen molar-refractivity contribution in [1.29, 1.82) is 5.41 Å². The number of rotatable bonds is 4. The molecule has 0 aliphatic rings. The molecule has 0 aliphatic carbocycles. The smallest absolute Gasteiger partial charge is 0.122 e. The van der Waals surface area contributed by atoms with Gasteiger partial charge in [-0.15, -0.1) is 11.8 Å². The molecular formula is C10H15N3S. The molecule has 0 aliphatic heterocycles. The van der Waals surface area contributed by atoms with Crippen LogP contribution < -0.4 is 5.73 Å². The number of nitrogens with one attached hydrogen (secondary N) is 1. The van der Waals surface area contributed by atoms with Crippen molar-refractivity contribution in [3.05, 3.63) is 23.9 Å². The number of nitrogen functional groups attached to an aromatic ring is 1. The number of hydrogen-bond donors (Lipinski definition) is 2. The third kappa shape index (κ3) is 3.03. The molecule has 0 saturated carbocycles. The maximum absolute atomic E-state index is 7.30. The Labute approximate surface area is 88.6 Å². The minimum absolute atomic E-state index is 0.0957. The quantitative estimate of drug-likeness (QED) is 0.454. The highest BCUT2D eigenvalue weighted by molar-refractivity contribution is 7.99. The summed E-state index contributed by atoms with van der Waals surface area (Å²) in [5.41, 5.74) is 6.13. The summed E-state index contributed by atoms with van der Waals surface area (Å²) in [6.45, 7) is 4.30. The molecule has 0 amide bonds. The Morgan fingerprint density at radius 1 is 1.71 bits per heavy atom. The van der Waals surface area contributed by atoms with Crippen molar-refractivity contribution in [2.24, 2.45) is 5.73 Å². The molecule has 14 heavy (non-hydrogen) atoms. The second-order valence-corrected chi connectivity index (χ2v) is 4.59. The van der Waals surface area contributed by atoms with E-state index in [9.17, 15) is 0 Å². The van der Waals surface area contributed by atoms with E-state index in [0.29, 0.717) is 5.25 Å². The monoisotopic (exact) mass is 209 g/mol. The van der Waals surface area contributed by atoms with E-state index in [1.54, 1.807) is 24.0 Å². The molecule has 0 radical (unpaired) electrons. The molecule has 0 spiro atoms. The third-order valence-corrected chi connectivity index (χ3v) is 3.14. The highest BCUT2D eigenvalue weighted by atomic mass is 32.2. The SMILES string of the molecule is CCC(C)Sc1cc(C(=N)N)ccn1. The Bertz CT molecular complexity index is 325. The first-order chi connectivity index (χ1) is 6.63. The Balaban J connectivity index is 2.78. The Hall–Kier alpha value is -1.03. The number of aromatic nitrogens is 1. The van der Waals surface area contributed by atoms with Crippen molar-refractivity contribution in [1.82, 2.24) is 4.98 Å². The molecule has 0 fully saturated rings. The van der Waals surface area contributed by atoms with Crippen LogP contribution in [0.2, 0.25) is 0 Å². The second kappa shape index (κ2) is 5.00. The van der Waals surface area contributed by atoms with E-state index in [0.717, 1.165) is 17.0 Å². The lowest BCUT2D eigenvalue weighted by Crippen LogP contribution is -2.11. The minimum atomic E-state index is 0.0957. The fraction of sp³-hybridized carbons (Fsp3) is 0.400. The average Bonchev–Trinajstić information content (AvgIpc) is 2.18. The zero-order valence-electron chi connectivity index (χ0n) is 8.45. The van der Waals surface area contributed by atoms with E-state index in [4.69, 9.17) is 11.1 Å². The standard InChI is InChI=1S/C10H15N3S/c1-3-7(2)14-9-6-8(10(11)12)4-5-13-9/h4-7H,3H2,1-2H3,(H3,11,12). The van der Waals surface area contributed by atoms with E-state index < -0.39 is 0 Å². The van der Waals surface area contributed by atoms with E-state index >= 15 is 0 Å². The van der Waals surface area contributed by atoms with Gasteiger partial charge in [0.2, 0.25) is 0 Å². The molecule has 1 rings (SSSR count). The summed E-state index contributed by atoms with van der Waals surface area (Å²) < 4.78 is 0. The molecular weight excluding hydrogens is 194 g/mol. The van der Waals surface area contributed by atoms with Crippen molar-refractivity contribution in [2.75, 3.05) is 0 Å². The molecule has 3 nitrogen and oxygen atoms in total. The number of thioether (sulfide) groups is 1. The highest BCUT2D eigenvalue weighted by Gasteiger charge is 2.04. The van der Waals surface area contributed by atoms with Gasteiger partial charge in [-0.25, -0.2) is 4.98 Å². The van der Waals surface area contributed by atoms with Gasteiger partial charge in [0.25, 0.3) is 0 Å². The molecule has 0 aromatic carbocycles. The zero-order chi connectivity index (χ0) is 10.6. The van der Waals surface area contributed by atoms with Gasteiger partial charge < -0.3 is 5.73 Å². The van der Waals surface area contributed by atoms with Crippen LogP contribution in [0.15, 0.2) is 23.4 Å². The Kier molecular flexibility index (Phi) is 3.95. The van der Waals surface area contributed by atoms with Crippen LogP contribution in [-0.4, -0.2) is 16.1 Å². The lowest BCUT2D eigenvalue weighted by molar-refractivity contribution is 0.901. The van der Waals surface area contributed by atoms with Crippen molar-refractivity contribution >= 4 is 17.6 Å². The fourth-order valence-corrected chi connectivity index (χ4v) is 1.83. The second-order valence-electron chi connectivity index (χ2n) is 3.13. The molecule has 1 aromatic rings. The minimum Gasteiger partial charge on any atom is -0.384 e. The molecule has 4 heteroatoms.